The third-order valence-electron chi connectivity index (χ3n) is 11.2. The van der Waals surface area contributed by atoms with Gasteiger partial charge in [-0.25, -0.2) is 14.6 Å². The van der Waals surface area contributed by atoms with E-state index in [1.807, 2.05) is 45.0 Å². The molecule has 6 rings (SSSR count). The summed E-state index contributed by atoms with van der Waals surface area (Å²) in [5.74, 6) is -2.41. The first-order valence-electron chi connectivity index (χ1n) is 19.5. The van der Waals surface area contributed by atoms with Crippen molar-refractivity contribution in [2.75, 3.05) is 31.8 Å². The number of aromatic nitrogens is 4. The van der Waals surface area contributed by atoms with Crippen LogP contribution in [0.3, 0.4) is 0 Å². The lowest BCUT2D eigenvalue weighted by atomic mass is 9.85. The van der Waals surface area contributed by atoms with Crippen molar-refractivity contribution >= 4 is 74.4 Å². The summed E-state index contributed by atoms with van der Waals surface area (Å²) in [7, 11) is 2.58. The second-order valence-corrected chi connectivity index (χ2v) is 14.7. The number of nitrogen functional groups attached to an aromatic ring is 1. The van der Waals surface area contributed by atoms with Gasteiger partial charge in [0, 0.05) is 70.4 Å². The predicted octanol–water partition coefficient (Wildman–Crippen LogP) is 8.27. The van der Waals surface area contributed by atoms with Crippen LogP contribution in [0, 0.1) is 13.8 Å². The Balaban J connectivity index is 1.45. The number of nitrogens with two attached hydrogens (primary N) is 1. The molecule has 6 N–H and O–H groups in total. The SMILES string of the molecule is C=Cc1c(C)c2cc3nc(c(C(=O)OC)c4[nH]c(cc5nc(cc1[nH]2)C(C)=C5CC)c(C)c4C(=O)OC)[C@@H](CCC(=O)NCCCC(=O)Nc1cccc(N)c1)[C@@H]3C. The summed E-state index contributed by atoms with van der Waals surface area (Å²) in [4.78, 5) is 70.5. The van der Waals surface area contributed by atoms with E-state index in [9.17, 15) is 19.2 Å². The van der Waals surface area contributed by atoms with Crippen LogP contribution in [0.1, 0.15) is 125 Å². The van der Waals surface area contributed by atoms with E-state index in [1.165, 1.54) is 14.2 Å². The molecule has 0 saturated carbocycles. The molecule has 4 aromatic rings. The standard InChI is InChI=1S/C45H51N7O6/c1-9-29-23(3)32-20-34-25(5)31(16-17-38(53)47-18-12-15-39(54)48-28-14-11-13-27(46)19-28)42(51-34)41(45(56)58-8)43-40(44(55)57-7)26(6)35(52-43)22-37-30(10-2)24(4)33(50-37)21-36(29)49-32/h9,11,13-14,19-22,25,31,49,52H,1,10,12,15-18,46H2,2-8H3,(H,47,53)(H,48,54)/t25-,31-/m0/s1. The highest BCUT2D eigenvalue weighted by atomic mass is 16.5. The predicted molar refractivity (Wildman–Crippen MR) is 228 cm³/mol. The fourth-order valence-corrected chi connectivity index (χ4v) is 7.92. The van der Waals surface area contributed by atoms with Crippen LogP contribution >= 0.6 is 0 Å². The fraction of sp³-hybridized carbons (Fsp3) is 0.333. The van der Waals surface area contributed by atoms with Crippen LogP contribution in [0.4, 0.5) is 11.4 Å². The lowest BCUT2D eigenvalue weighted by molar-refractivity contribution is -0.121. The van der Waals surface area contributed by atoms with Gasteiger partial charge in [0.2, 0.25) is 11.8 Å². The van der Waals surface area contributed by atoms with Crippen LogP contribution in [0.25, 0.3) is 39.3 Å². The Morgan fingerprint density at radius 3 is 2.28 bits per heavy atom. The molecule has 13 nitrogen and oxygen atoms in total. The third-order valence-corrected chi connectivity index (χ3v) is 11.2. The zero-order valence-corrected chi connectivity index (χ0v) is 34.1. The molecule has 13 heteroatoms. The van der Waals surface area contributed by atoms with Crippen LogP contribution < -0.4 is 16.4 Å². The maximum absolute atomic E-state index is 14.0. The molecule has 5 heterocycles. The van der Waals surface area contributed by atoms with Gasteiger partial charge in [0.15, 0.2) is 0 Å². The highest BCUT2D eigenvalue weighted by molar-refractivity contribution is 6.09. The summed E-state index contributed by atoms with van der Waals surface area (Å²) in [6.07, 6.45) is 3.62. The van der Waals surface area contributed by atoms with E-state index < -0.39 is 17.9 Å². The van der Waals surface area contributed by atoms with E-state index >= 15 is 0 Å². The number of hydrogen-bond donors (Lipinski definition) is 5. The number of ether oxygens (including phenoxy) is 2. The maximum atomic E-state index is 14.0. The molecule has 58 heavy (non-hydrogen) atoms. The molecule has 2 atom stereocenters. The lowest BCUT2D eigenvalue weighted by Crippen LogP contribution is -2.26. The minimum absolute atomic E-state index is 0.0802. The highest BCUT2D eigenvalue weighted by Crippen LogP contribution is 2.43. The Kier molecular flexibility index (Phi) is 12.3. The number of allylic oxidation sites excluding steroid dienone is 2. The Labute approximate surface area is 337 Å². The van der Waals surface area contributed by atoms with Gasteiger partial charge < -0.3 is 35.8 Å². The number of benzene rings is 1. The number of aromatic amines is 2. The quantitative estimate of drug-likeness (QED) is 0.0534. The summed E-state index contributed by atoms with van der Waals surface area (Å²) >= 11 is 0. The van der Waals surface area contributed by atoms with Gasteiger partial charge in [-0.15, -0.1) is 0 Å². The largest absolute Gasteiger partial charge is 0.465 e. The second-order valence-electron chi connectivity index (χ2n) is 14.7. The number of carbonyl (C=O) groups is 4. The number of amides is 2. The molecule has 0 saturated heterocycles. The van der Waals surface area contributed by atoms with Crippen molar-refractivity contribution in [2.45, 2.75) is 78.6 Å². The number of carbonyl (C=O) groups excluding carboxylic acids is 4. The van der Waals surface area contributed by atoms with Gasteiger partial charge in [-0.05, 0) is 98.7 Å². The first-order valence-corrected chi connectivity index (χ1v) is 19.5. The van der Waals surface area contributed by atoms with Gasteiger partial charge in [-0.1, -0.05) is 32.6 Å². The molecule has 0 radical (unpaired) electrons. The molecular formula is C45H51N7O6. The van der Waals surface area contributed by atoms with E-state index in [0.717, 1.165) is 44.7 Å². The van der Waals surface area contributed by atoms with Gasteiger partial charge in [0.05, 0.1) is 42.4 Å². The Bertz CT molecular complexity index is 2530. The average molecular weight is 786 g/mol. The van der Waals surface area contributed by atoms with Crippen molar-refractivity contribution in [2.24, 2.45) is 0 Å². The van der Waals surface area contributed by atoms with Crippen molar-refractivity contribution < 1.29 is 28.7 Å². The van der Waals surface area contributed by atoms with E-state index in [4.69, 9.17) is 25.2 Å². The van der Waals surface area contributed by atoms with Gasteiger partial charge in [-0.2, -0.15) is 0 Å². The first-order chi connectivity index (χ1) is 27.8. The number of anilines is 2. The summed E-state index contributed by atoms with van der Waals surface area (Å²) in [5, 5.41) is 5.75. The smallest absolute Gasteiger partial charge is 0.341 e. The van der Waals surface area contributed by atoms with Crippen molar-refractivity contribution in [3.63, 3.8) is 0 Å². The number of aryl methyl sites for hydroxylation is 2. The topological polar surface area (TPSA) is 194 Å². The number of fused-ring (bicyclic) bond motifs is 8. The van der Waals surface area contributed by atoms with Gasteiger partial charge >= 0.3 is 11.9 Å². The monoisotopic (exact) mass is 785 g/mol. The number of methoxy groups -OCH3 is 2. The minimum atomic E-state index is -0.696. The number of esters is 2. The average Bonchev–Trinajstić information content (AvgIpc) is 3.88. The number of hydrogen-bond acceptors (Lipinski definition) is 9. The van der Waals surface area contributed by atoms with Crippen LogP contribution in [0.2, 0.25) is 0 Å². The normalized spacial score (nSPS) is 14.9. The van der Waals surface area contributed by atoms with Crippen molar-refractivity contribution in [1.29, 1.82) is 0 Å². The fourth-order valence-electron chi connectivity index (χ4n) is 7.92. The van der Waals surface area contributed by atoms with Crippen LogP contribution in [0.5, 0.6) is 0 Å². The number of rotatable bonds is 12. The maximum Gasteiger partial charge on any atom is 0.341 e. The molecule has 0 spiro atoms. The Morgan fingerprint density at radius 2 is 1.59 bits per heavy atom. The molecule has 302 valence electrons. The van der Waals surface area contributed by atoms with Crippen LogP contribution in [-0.4, -0.2) is 64.5 Å². The first kappa shape index (κ1) is 41.1. The number of nitrogens with zero attached hydrogens (tertiary/aromatic N) is 2. The molecule has 2 aliphatic heterocycles. The van der Waals surface area contributed by atoms with Gasteiger partial charge in [-0.3, -0.25) is 14.6 Å². The summed E-state index contributed by atoms with van der Waals surface area (Å²) in [5.41, 5.74) is 16.8. The van der Waals surface area contributed by atoms with E-state index in [1.54, 1.807) is 31.2 Å². The molecule has 2 amide bonds. The molecule has 8 bridgehead atoms. The highest BCUT2D eigenvalue weighted by Gasteiger charge is 2.35. The Morgan fingerprint density at radius 1 is 0.879 bits per heavy atom. The van der Waals surface area contributed by atoms with Crippen molar-refractivity contribution in [1.82, 2.24) is 25.3 Å². The molecular weight excluding hydrogens is 735 g/mol. The van der Waals surface area contributed by atoms with Crippen LogP contribution in [-0.2, 0) is 19.1 Å². The molecule has 0 fully saturated rings. The molecule has 3 aromatic heterocycles. The van der Waals surface area contributed by atoms with Crippen molar-refractivity contribution in [3.05, 3.63) is 99.6 Å². The zero-order chi connectivity index (χ0) is 41.8. The zero-order valence-electron chi connectivity index (χ0n) is 34.1. The molecule has 0 aliphatic carbocycles. The van der Waals surface area contributed by atoms with E-state index in [0.29, 0.717) is 59.7 Å². The lowest BCUT2D eigenvalue weighted by Gasteiger charge is -2.17. The third kappa shape index (κ3) is 8.15. The molecule has 1 aromatic carbocycles. The summed E-state index contributed by atoms with van der Waals surface area (Å²) in [6.45, 7) is 14.3. The molecule has 0 unspecified atom stereocenters. The van der Waals surface area contributed by atoms with Gasteiger partial charge in [0.25, 0.3) is 0 Å². The van der Waals surface area contributed by atoms with Crippen molar-refractivity contribution in [3.8, 4) is 0 Å². The number of nitrogens with one attached hydrogen (secondary N) is 4. The molecule has 2 aliphatic rings. The minimum Gasteiger partial charge on any atom is -0.465 e. The van der Waals surface area contributed by atoms with Crippen LogP contribution in [0.15, 0.2) is 49.0 Å². The Hall–Kier alpha value is -6.50. The van der Waals surface area contributed by atoms with Gasteiger partial charge in [0.1, 0.15) is 5.56 Å². The second kappa shape index (κ2) is 17.3. The summed E-state index contributed by atoms with van der Waals surface area (Å²) < 4.78 is 10.7. The van der Waals surface area contributed by atoms with E-state index in [2.05, 4.69) is 34.1 Å². The number of H-pyrrole nitrogens is 2. The van der Waals surface area contributed by atoms with E-state index in [-0.39, 0.29) is 47.2 Å². The summed E-state index contributed by atoms with van der Waals surface area (Å²) in [6, 6.07) is 12.8.